The first-order valence-corrected chi connectivity index (χ1v) is 7.47. The zero-order chi connectivity index (χ0) is 11.8. The lowest BCUT2D eigenvalue weighted by Crippen LogP contribution is -2.14. The van der Waals surface area contributed by atoms with Crippen LogP contribution in [0.2, 0.25) is 0 Å². The van der Waals surface area contributed by atoms with Crippen LogP contribution < -0.4 is 14.3 Å². The Bertz CT molecular complexity index is 618. The van der Waals surface area contributed by atoms with Gasteiger partial charge in [0.2, 0.25) is 6.79 Å². The molecule has 0 spiro atoms. The molecule has 0 aliphatic carbocycles. The summed E-state index contributed by atoms with van der Waals surface area (Å²) in [5, 5.41) is 7.98. The molecule has 0 amide bonds. The average Bonchev–Trinajstić information content (AvgIpc) is 2.87. The van der Waals surface area contributed by atoms with Crippen molar-refractivity contribution in [3.8, 4) is 11.5 Å². The minimum atomic E-state index is 0.297. The molecule has 4 nitrogen and oxygen atoms in total. The SMILES string of the molecule is CSCCn1c(=N)sc2cc3c(cc21)OCO3. The number of rotatable bonds is 3. The monoisotopic (exact) mass is 268 g/mol. The van der Waals surface area contributed by atoms with Gasteiger partial charge in [0.1, 0.15) is 0 Å². The molecule has 0 unspecified atom stereocenters. The normalized spacial score (nSPS) is 13.5. The van der Waals surface area contributed by atoms with E-state index in [0.717, 1.165) is 34.0 Å². The highest BCUT2D eigenvalue weighted by Gasteiger charge is 2.16. The van der Waals surface area contributed by atoms with Crippen LogP contribution in [0.25, 0.3) is 10.2 Å². The maximum atomic E-state index is 7.98. The molecule has 1 aromatic carbocycles. The van der Waals surface area contributed by atoms with Crippen LogP contribution in [0.1, 0.15) is 0 Å². The van der Waals surface area contributed by atoms with Gasteiger partial charge in [-0.1, -0.05) is 11.3 Å². The van der Waals surface area contributed by atoms with Gasteiger partial charge in [0.05, 0.1) is 10.2 Å². The fraction of sp³-hybridized carbons (Fsp3) is 0.364. The van der Waals surface area contributed by atoms with Crippen molar-refractivity contribution < 1.29 is 9.47 Å². The van der Waals surface area contributed by atoms with Crippen LogP contribution in [0.4, 0.5) is 0 Å². The second-order valence-electron chi connectivity index (χ2n) is 3.72. The molecule has 6 heteroatoms. The second-order valence-corrected chi connectivity index (χ2v) is 5.74. The van der Waals surface area contributed by atoms with Gasteiger partial charge in [-0.15, -0.1) is 0 Å². The average molecular weight is 268 g/mol. The van der Waals surface area contributed by atoms with E-state index in [1.165, 1.54) is 11.3 Å². The molecule has 3 rings (SSSR count). The van der Waals surface area contributed by atoms with Gasteiger partial charge in [0, 0.05) is 24.4 Å². The highest BCUT2D eigenvalue weighted by atomic mass is 32.2. The van der Waals surface area contributed by atoms with Gasteiger partial charge < -0.3 is 14.0 Å². The Labute approximate surface area is 107 Å². The number of fused-ring (bicyclic) bond motifs is 2. The van der Waals surface area contributed by atoms with Crippen molar-refractivity contribution in [2.75, 3.05) is 18.8 Å². The molecule has 17 heavy (non-hydrogen) atoms. The molecular weight excluding hydrogens is 256 g/mol. The minimum Gasteiger partial charge on any atom is -0.454 e. The molecule has 2 heterocycles. The highest BCUT2D eigenvalue weighted by Crippen LogP contribution is 2.36. The van der Waals surface area contributed by atoms with Crippen molar-refractivity contribution in [3.05, 3.63) is 16.9 Å². The van der Waals surface area contributed by atoms with Crippen LogP contribution in [0.3, 0.4) is 0 Å². The lowest BCUT2D eigenvalue weighted by Gasteiger charge is -2.03. The molecule has 0 bridgehead atoms. The summed E-state index contributed by atoms with van der Waals surface area (Å²) < 4.78 is 13.8. The van der Waals surface area contributed by atoms with Crippen molar-refractivity contribution in [1.29, 1.82) is 5.41 Å². The molecular formula is C11H12N2O2S2. The molecule has 0 radical (unpaired) electrons. The molecule has 2 aromatic rings. The van der Waals surface area contributed by atoms with E-state index in [4.69, 9.17) is 14.9 Å². The van der Waals surface area contributed by atoms with Gasteiger partial charge in [-0.25, -0.2) is 0 Å². The van der Waals surface area contributed by atoms with E-state index in [1.807, 2.05) is 16.7 Å². The van der Waals surface area contributed by atoms with Crippen LogP contribution >= 0.6 is 23.1 Å². The maximum Gasteiger partial charge on any atom is 0.231 e. The molecule has 0 atom stereocenters. The quantitative estimate of drug-likeness (QED) is 0.929. The van der Waals surface area contributed by atoms with Crippen molar-refractivity contribution in [2.24, 2.45) is 0 Å². The summed E-state index contributed by atoms with van der Waals surface area (Å²) >= 11 is 3.27. The number of thiazole rings is 1. The first kappa shape index (κ1) is 11.0. The van der Waals surface area contributed by atoms with E-state index in [-0.39, 0.29) is 0 Å². The number of benzene rings is 1. The third-order valence-corrected chi connectivity index (χ3v) is 4.27. The third kappa shape index (κ3) is 1.81. The van der Waals surface area contributed by atoms with Crippen LogP contribution in [0.5, 0.6) is 11.5 Å². The minimum absolute atomic E-state index is 0.297. The van der Waals surface area contributed by atoms with Crippen molar-refractivity contribution in [2.45, 2.75) is 6.54 Å². The molecule has 1 aromatic heterocycles. The predicted molar refractivity (Wildman–Crippen MR) is 70.2 cm³/mol. The Morgan fingerprint density at radius 2 is 2.18 bits per heavy atom. The van der Waals surface area contributed by atoms with Gasteiger partial charge in [-0.2, -0.15) is 11.8 Å². The topological polar surface area (TPSA) is 47.2 Å². The van der Waals surface area contributed by atoms with E-state index < -0.39 is 0 Å². The van der Waals surface area contributed by atoms with Gasteiger partial charge in [-0.05, 0) is 6.26 Å². The van der Waals surface area contributed by atoms with Crippen LogP contribution in [0.15, 0.2) is 12.1 Å². The van der Waals surface area contributed by atoms with Crippen molar-refractivity contribution >= 4 is 33.3 Å². The number of thioether (sulfide) groups is 1. The highest BCUT2D eigenvalue weighted by molar-refractivity contribution is 7.98. The Kier molecular flexibility index (Phi) is 2.76. The van der Waals surface area contributed by atoms with Gasteiger partial charge in [-0.3, -0.25) is 5.41 Å². The number of aryl methyl sites for hydroxylation is 1. The van der Waals surface area contributed by atoms with Crippen LogP contribution in [0, 0.1) is 5.41 Å². The van der Waals surface area contributed by atoms with Gasteiger partial charge in [0.25, 0.3) is 0 Å². The number of aromatic nitrogens is 1. The number of nitrogens with zero attached hydrogens (tertiary/aromatic N) is 1. The largest absolute Gasteiger partial charge is 0.454 e. The summed E-state index contributed by atoms with van der Waals surface area (Å²) in [7, 11) is 0. The molecule has 1 aliphatic rings. The Morgan fingerprint density at radius 3 is 2.94 bits per heavy atom. The van der Waals surface area contributed by atoms with Crippen molar-refractivity contribution in [1.82, 2.24) is 4.57 Å². The van der Waals surface area contributed by atoms with Gasteiger partial charge in [0.15, 0.2) is 16.3 Å². The summed E-state index contributed by atoms with van der Waals surface area (Å²) in [6, 6.07) is 3.95. The zero-order valence-electron chi connectivity index (χ0n) is 9.36. The van der Waals surface area contributed by atoms with E-state index in [1.54, 1.807) is 11.8 Å². The maximum absolute atomic E-state index is 7.98. The Hall–Kier alpha value is -1.14. The molecule has 1 aliphatic heterocycles. The molecule has 1 N–H and O–H groups in total. The van der Waals surface area contributed by atoms with Crippen molar-refractivity contribution in [3.63, 3.8) is 0 Å². The lowest BCUT2D eigenvalue weighted by atomic mass is 10.3. The van der Waals surface area contributed by atoms with Crippen LogP contribution in [-0.4, -0.2) is 23.4 Å². The van der Waals surface area contributed by atoms with Gasteiger partial charge >= 0.3 is 0 Å². The zero-order valence-corrected chi connectivity index (χ0v) is 11.0. The van der Waals surface area contributed by atoms with E-state index in [0.29, 0.717) is 11.6 Å². The van der Waals surface area contributed by atoms with Crippen LogP contribution in [-0.2, 0) is 6.54 Å². The second kappa shape index (κ2) is 4.27. The first-order valence-electron chi connectivity index (χ1n) is 5.26. The third-order valence-electron chi connectivity index (χ3n) is 2.72. The van der Waals surface area contributed by atoms with E-state index in [9.17, 15) is 0 Å². The number of hydrogen-bond donors (Lipinski definition) is 1. The summed E-state index contributed by atoms with van der Waals surface area (Å²) in [6.45, 7) is 1.16. The smallest absolute Gasteiger partial charge is 0.231 e. The van der Waals surface area contributed by atoms with E-state index >= 15 is 0 Å². The predicted octanol–water partition coefficient (Wildman–Crippen LogP) is 2.27. The Morgan fingerprint density at radius 1 is 1.41 bits per heavy atom. The standard InChI is InChI=1S/C11H12N2O2S2/c1-16-3-2-13-7-4-8-9(15-6-14-8)5-10(7)17-11(13)12/h4-5,12H,2-3,6H2,1H3. The summed E-state index contributed by atoms with van der Waals surface area (Å²) in [6.07, 6.45) is 2.08. The fourth-order valence-corrected chi connectivity index (χ4v) is 3.19. The fourth-order valence-electron chi connectivity index (χ4n) is 1.88. The number of nitrogens with one attached hydrogen (secondary N) is 1. The summed E-state index contributed by atoms with van der Waals surface area (Å²) in [5.41, 5.74) is 1.07. The number of hydrogen-bond acceptors (Lipinski definition) is 5. The molecule has 0 saturated carbocycles. The first-order chi connectivity index (χ1) is 8.29. The van der Waals surface area contributed by atoms with E-state index in [2.05, 4.69) is 6.26 Å². The Balaban J connectivity index is 2.15. The summed E-state index contributed by atoms with van der Waals surface area (Å²) in [4.78, 5) is 0.581. The molecule has 90 valence electrons. The molecule has 0 fully saturated rings. The molecule has 0 saturated heterocycles. The number of ether oxygens (including phenoxy) is 2. The summed E-state index contributed by atoms with van der Waals surface area (Å²) in [5.74, 6) is 2.58. The lowest BCUT2D eigenvalue weighted by molar-refractivity contribution is 0.174.